The molecule has 0 spiro atoms. The van der Waals surface area contributed by atoms with Crippen molar-refractivity contribution >= 4 is 7.82 Å². The van der Waals surface area contributed by atoms with Crippen LogP contribution >= 0.6 is 7.82 Å². The van der Waals surface area contributed by atoms with E-state index in [1.807, 2.05) is 0 Å². The van der Waals surface area contributed by atoms with E-state index < -0.39 is 7.82 Å². The summed E-state index contributed by atoms with van der Waals surface area (Å²) in [5, 5.41) is 0. The molecular formula is H5Na4O4P+6. The maximum atomic E-state index is 8.88. The summed E-state index contributed by atoms with van der Waals surface area (Å²) in [4.78, 5) is 21.6. The van der Waals surface area contributed by atoms with Crippen LogP contribution in [-0.2, 0) is 4.57 Å². The molecular weight excluding hydrogens is 187 g/mol. The smallest absolute Gasteiger partial charge is 0.303 e. The van der Waals surface area contributed by atoms with E-state index in [1.165, 1.54) is 0 Å². The number of hydrogen-bond donors (Lipinski definition) is 3. The van der Waals surface area contributed by atoms with Gasteiger partial charge >= 0.3 is 129 Å². The Morgan fingerprint density at radius 1 is 0.889 bits per heavy atom. The third kappa shape index (κ3) is 73.3. The van der Waals surface area contributed by atoms with Crippen LogP contribution in [0.5, 0.6) is 0 Å². The molecule has 0 atom stereocenters. The molecule has 0 bridgehead atoms. The van der Waals surface area contributed by atoms with E-state index in [4.69, 9.17) is 19.2 Å². The molecule has 0 aromatic rings. The van der Waals surface area contributed by atoms with Crippen LogP contribution in [0.25, 0.3) is 0 Å². The minimum atomic E-state index is -4.64. The molecule has 3 N–H and O–H groups in total. The summed E-state index contributed by atoms with van der Waals surface area (Å²) in [5.41, 5.74) is 0. The second-order valence-electron chi connectivity index (χ2n) is 0.513. The van der Waals surface area contributed by atoms with Crippen molar-refractivity contribution in [2.24, 2.45) is 0 Å². The molecule has 0 aromatic carbocycles. The monoisotopic (exact) mass is 192 g/mol. The first-order valence-electron chi connectivity index (χ1n) is 0.783. The van der Waals surface area contributed by atoms with Crippen molar-refractivity contribution in [2.75, 3.05) is 0 Å². The van der Waals surface area contributed by atoms with E-state index in [0.29, 0.717) is 0 Å². The molecule has 0 aliphatic heterocycles. The van der Waals surface area contributed by atoms with Gasteiger partial charge in [0.25, 0.3) is 0 Å². The molecule has 0 amide bonds. The third-order valence-electron chi connectivity index (χ3n) is 0. The summed E-state index contributed by atoms with van der Waals surface area (Å²) < 4.78 is 8.88. The predicted octanol–water partition coefficient (Wildman–Crippen LogP) is -12.7. The molecule has 0 aromatic heterocycles. The first-order chi connectivity index (χ1) is 2.00. The van der Waals surface area contributed by atoms with Gasteiger partial charge in [-0.2, -0.15) is 0 Å². The first-order valence-corrected chi connectivity index (χ1v) is 2.35. The van der Waals surface area contributed by atoms with Crippen molar-refractivity contribution in [1.82, 2.24) is 0 Å². The molecule has 0 saturated heterocycles. The molecule has 9 heteroatoms. The minimum absolute atomic E-state index is 0. The largest absolute Gasteiger partial charge is 1.00 e. The van der Waals surface area contributed by atoms with Gasteiger partial charge in [-0.1, -0.05) is 0 Å². The van der Waals surface area contributed by atoms with Gasteiger partial charge in [0.2, 0.25) is 0 Å². The van der Waals surface area contributed by atoms with Gasteiger partial charge in [0.05, 0.1) is 0 Å². The van der Waals surface area contributed by atoms with Crippen LogP contribution in [-0.4, -0.2) is 14.7 Å². The van der Waals surface area contributed by atoms with E-state index in [9.17, 15) is 0 Å². The van der Waals surface area contributed by atoms with Crippen molar-refractivity contribution in [3.63, 3.8) is 0 Å². The van der Waals surface area contributed by atoms with Crippen LogP contribution in [0, 0.1) is 0 Å². The fraction of sp³-hybridized carbons (Fsp3) is 0. The summed E-state index contributed by atoms with van der Waals surface area (Å²) in [5.74, 6) is 0. The van der Waals surface area contributed by atoms with Gasteiger partial charge in [0, 0.05) is 0 Å². The van der Waals surface area contributed by atoms with Gasteiger partial charge in [-0.15, -0.1) is 0 Å². The molecule has 32 valence electrons. The fourth-order valence-electron chi connectivity index (χ4n) is 0. The molecule has 0 saturated carbocycles. The van der Waals surface area contributed by atoms with Crippen molar-refractivity contribution < 1.29 is 140 Å². The Morgan fingerprint density at radius 2 is 0.889 bits per heavy atom. The molecule has 0 fully saturated rings. The molecule has 0 radical (unpaired) electrons. The van der Waals surface area contributed by atoms with E-state index in [2.05, 4.69) is 0 Å². The van der Waals surface area contributed by atoms with Gasteiger partial charge in [0.1, 0.15) is 0 Å². The molecule has 9 heavy (non-hydrogen) atoms. The van der Waals surface area contributed by atoms with E-state index >= 15 is 0 Å². The number of rotatable bonds is 0. The van der Waals surface area contributed by atoms with Gasteiger partial charge in [0.15, 0.2) is 0 Å². The maximum Gasteiger partial charge on any atom is 1.00 e. The van der Waals surface area contributed by atoms with Gasteiger partial charge < -0.3 is 14.7 Å². The summed E-state index contributed by atoms with van der Waals surface area (Å²) in [7, 11) is -4.64. The van der Waals surface area contributed by atoms with Crippen molar-refractivity contribution in [1.29, 1.82) is 0 Å². The molecule has 0 aliphatic rings. The standard InChI is InChI=1S/4Na.H3O4P/c;;;;1-5(2,3)4/h;;;;(H3,1,2,3,4)/q4*+1;/p+2. The summed E-state index contributed by atoms with van der Waals surface area (Å²) >= 11 is 0. The SMILES string of the molecule is O=P(O)(O)O.[H+].[H+].[Na+].[Na+].[Na+].[Na+]. The summed E-state index contributed by atoms with van der Waals surface area (Å²) in [6.07, 6.45) is 0. The number of hydrogen-bond acceptors (Lipinski definition) is 1. The Bertz CT molecular complexity index is 66.2. The molecule has 0 heterocycles. The summed E-state index contributed by atoms with van der Waals surface area (Å²) in [6.45, 7) is 0. The first kappa shape index (κ1) is 29.2. The second kappa shape index (κ2) is 14.6. The van der Waals surface area contributed by atoms with Crippen LogP contribution in [0.2, 0.25) is 0 Å². The summed E-state index contributed by atoms with van der Waals surface area (Å²) in [6, 6.07) is 0. The van der Waals surface area contributed by atoms with E-state index in [-0.39, 0.29) is 121 Å². The average Bonchev–Trinajstić information content (AvgIpc) is 0.722. The van der Waals surface area contributed by atoms with Crippen LogP contribution in [0.3, 0.4) is 0 Å². The zero-order valence-corrected chi connectivity index (χ0v) is 15.1. The quantitative estimate of drug-likeness (QED) is 0.263. The Morgan fingerprint density at radius 3 is 0.889 bits per heavy atom. The zero-order valence-electron chi connectivity index (χ0n) is 8.20. The maximum absolute atomic E-state index is 8.88. The predicted molar refractivity (Wildman–Crippen MR) is 16.5 cm³/mol. The van der Waals surface area contributed by atoms with E-state index in [1.54, 1.807) is 0 Å². The molecule has 0 aliphatic carbocycles. The van der Waals surface area contributed by atoms with Crippen LogP contribution in [0.1, 0.15) is 2.85 Å². The zero-order chi connectivity index (χ0) is 4.50. The van der Waals surface area contributed by atoms with Crippen LogP contribution in [0.4, 0.5) is 0 Å². The normalized spacial score (nSPS) is 6.56. The Balaban J connectivity index is -0.00000000533. The molecule has 0 rings (SSSR count). The fourth-order valence-corrected chi connectivity index (χ4v) is 0. The molecule has 0 unspecified atom stereocenters. The van der Waals surface area contributed by atoms with Crippen LogP contribution < -0.4 is 118 Å². The Hall–Kier alpha value is 4.11. The van der Waals surface area contributed by atoms with Crippen molar-refractivity contribution in [2.45, 2.75) is 0 Å². The minimum Gasteiger partial charge on any atom is -0.303 e. The van der Waals surface area contributed by atoms with E-state index in [0.717, 1.165) is 0 Å². The topological polar surface area (TPSA) is 77.8 Å². The average molecular weight is 192 g/mol. The van der Waals surface area contributed by atoms with Gasteiger partial charge in [-0.05, 0) is 0 Å². The third-order valence-corrected chi connectivity index (χ3v) is 0. The Kier molecular flexibility index (Phi) is 47.5. The molecule has 4 nitrogen and oxygen atoms in total. The van der Waals surface area contributed by atoms with Crippen LogP contribution in [0.15, 0.2) is 0 Å². The van der Waals surface area contributed by atoms with Crippen molar-refractivity contribution in [3.8, 4) is 0 Å². The number of phosphoric acid groups is 1. The Labute approximate surface area is 145 Å². The van der Waals surface area contributed by atoms with Gasteiger partial charge in [-0.3, -0.25) is 0 Å². The second-order valence-corrected chi connectivity index (χ2v) is 1.54. The van der Waals surface area contributed by atoms with Crippen molar-refractivity contribution in [3.05, 3.63) is 0 Å². The van der Waals surface area contributed by atoms with Gasteiger partial charge in [-0.25, -0.2) is 4.57 Å².